The fourth-order valence-corrected chi connectivity index (χ4v) is 2.81. The topological polar surface area (TPSA) is 70.8 Å². The van der Waals surface area contributed by atoms with Gasteiger partial charge in [0, 0.05) is 29.5 Å². The van der Waals surface area contributed by atoms with Crippen molar-refractivity contribution in [2.75, 3.05) is 20.0 Å². The predicted octanol–water partition coefficient (Wildman–Crippen LogP) is 2.40. The Balaban J connectivity index is 2.02. The van der Waals surface area contributed by atoms with Crippen LogP contribution in [0.3, 0.4) is 0 Å². The van der Waals surface area contributed by atoms with Gasteiger partial charge in [0.25, 0.3) is 5.69 Å². The van der Waals surface area contributed by atoms with Crippen LogP contribution < -0.4 is 4.74 Å². The fourth-order valence-electron chi connectivity index (χ4n) is 2.81. The number of nitrogens with zero attached hydrogens (tertiary/aromatic N) is 1. The smallest absolute Gasteiger partial charge is 0.273 e. The van der Waals surface area contributed by atoms with Crippen LogP contribution >= 0.6 is 0 Å². The molecule has 0 N–H and O–H groups in total. The summed E-state index contributed by atoms with van der Waals surface area (Å²) in [6.45, 7) is 5.07. The van der Waals surface area contributed by atoms with Crippen LogP contribution in [0.1, 0.15) is 30.9 Å². The summed E-state index contributed by atoms with van der Waals surface area (Å²) in [4.78, 5) is 11.0. The number of hydrogen-bond acceptors (Lipinski definition) is 5. The zero-order chi connectivity index (χ0) is 14.3. The van der Waals surface area contributed by atoms with Gasteiger partial charge in [0.05, 0.1) is 18.1 Å². The molecule has 0 saturated carbocycles. The number of hydrogen-bond donors (Lipinski definition) is 0. The van der Waals surface area contributed by atoms with Crippen molar-refractivity contribution in [3.05, 3.63) is 33.4 Å². The van der Waals surface area contributed by atoms with E-state index in [0.717, 1.165) is 11.3 Å². The van der Waals surface area contributed by atoms with Crippen LogP contribution in [-0.4, -0.2) is 30.5 Å². The molecule has 0 aliphatic carbocycles. The van der Waals surface area contributed by atoms with Gasteiger partial charge < -0.3 is 14.2 Å². The van der Waals surface area contributed by atoms with Gasteiger partial charge in [-0.3, -0.25) is 10.1 Å². The van der Waals surface area contributed by atoms with Gasteiger partial charge in [-0.05, 0) is 19.9 Å². The second-order valence-corrected chi connectivity index (χ2v) is 5.87. The Kier molecular flexibility index (Phi) is 3.14. The lowest BCUT2D eigenvalue weighted by molar-refractivity contribution is -0.386. The van der Waals surface area contributed by atoms with Gasteiger partial charge in [0.15, 0.2) is 0 Å². The molecule has 1 aromatic carbocycles. The van der Waals surface area contributed by atoms with Gasteiger partial charge in [-0.2, -0.15) is 0 Å². The third-order valence-corrected chi connectivity index (χ3v) is 3.65. The summed E-state index contributed by atoms with van der Waals surface area (Å²) in [6, 6.07) is 3.42. The molecule has 6 heteroatoms. The van der Waals surface area contributed by atoms with Crippen LogP contribution in [0.2, 0.25) is 0 Å². The summed E-state index contributed by atoms with van der Waals surface area (Å²) in [5, 5.41) is 11.3. The van der Waals surface area contributed by atoms with E-state index >= 15 is 0 Å². The third-order valence-electron chi connectivity index (χ3n) is 3.65. The first-order valence-corrected chi connectivity index (χ1v) is 6.62. The monoisotopic (exact) mass is 279 g/mol. The number of benzene rings is 1. The summed E-state index contributed by atoms with van der Waals surface area (Å²) in [5.74, 6) is 0.614. The van der Waals surface area contributed by atoms with E-state index in [4.69, 9.17) is 14.2 Å². The Labute approximate surface area is 116 Å². The molecule has 6 nitrogen and oxygen atoms in total. The number of nitro benzene ring substituents is 1. The molecule has 2 heterocycles. The molecule has 1 fully saturated rings. The first-order valence-electron chi connectivity index (χ1n) is 6.62. The van der Waals surface area contributed by atoms with E-state index in [-0.39, 0.29) is 28.9 Å². The van der Waals surface area contributed by atoms with Crippen molar-refractivity contribution < 1.29 is 19.1 Å². The average molecular weight is 279 g/mol. The molecule has 2 aliphatic rings. The van der Waals surface area contributed by atoms with Crippen LogP contribution in [0.4, 0.5) is 5.69 Å². The number of nitro groups is 1. The van der Waals surface area contributed by atoms with Crippen LogP contribution in [-0.2, 0) is 15.9 Å². The molecule has 2 aliphatic heterocycles. The van der Waals surface area contributed by atoms with Gasteiger partial charge in [-0.25, -0.2) is 0 Å². The zero-order valence-electron chi connectivity index (χ0n) is 11.5. The van der Waals surface area contributed by atoms with Gasteiger partial charge in [-0.1, -0.05) is 0 Å². The first kappa shape index (κ1) is 13.3. The number of fused-ring (bicyclic) bond motifs is 1. The Hall–Kier alpha value is -1.66. The minimum absolute atomic E-state index is 0.123. The lowest BCUT2D eigenvalue weighted by Crippen LogP contribution is -2.24. The van der Waals surface area contributed by atoms with Crippen LogP contribution in [0.15, 0.2) is 12.1 Å². The van der Waals surface area contributed by atoms with Crippen molar-refractivity contribution in [1.29, 1.82) is 0 Å². The van der Waals surface area contributed by atoms with Crippen molar-refractivity contribution in [3.63, 3.8) is 0 Å². The maximum atomic E-state index is 11.3. The molecule has 1 saturated heterocycles. The third kappa shape index (κ3) is 2.36. The molecule has 0 radical (unpaired) electrons. The van der Waals surface area contributed by atoms with Crippen molar-refractivity contribution in [2.45, 2.75) is 31.8 Å². The summed E-state index contributed by atoms with van der Waals surface area (Å²) in [7, 11) is 0. The van der Waals surface area contributed by atoms with Gasteiger partial charge in [0.2, 0.25) is 0 Å². The largest absolute Gasteiger partial charge is 0.487 e. The first-order chi connectivity index (χ1) is 9.46. The lowest BCUT2D eigenvalue weighted by Gasteiger charge is -2.23. The van der Waals surface area contributed by atoms with Crippen LogP contribution in [0, 0.1) is 10.1 Å². The van der Waals surface area contributed by atoms with Gasteiger partial charge >= 0.3 is 0 Å². The zero-order valence-corrected chi connectivity index (χ0v) is 11.5. The maximum absolute atomic E-state index is 11.3. The van der Waals surface area contributed by atoms with E-state index < -0.39 is 0 Å². The van der Waals surface area contributed by atoms with Crippen molar-refractivity contribution in [2.24, 2.45) is 0 Å². The van der Waals surface area contributed by atoms with Crippen molar-refractivity contribution in [1.82, 2.24) is 0 Å². The van der Waals surface area contributed by atoms with Crippen LogP contribution in [0.5, 0.6) is 5.75 Å². The minimum Gasteiger partial charge on any atom is -0.487 e. The Morgan fingerprint density at radius 2 is 2.00 bits per heavy atom. The minimum atomic E-state index is -0.338. The quantitative estimate of drug-likeness (QED) is 0.614. The van der Waals surface area contributed by atoms with Crippen molar-refractivity contribution >= 4 is 5.69 Å². The normalized spacial score (nSPS) is 21.3. The fraction of sp³-hybridized carbons (Fsp3) is 0.571. The molecular weight excluding hydrogens is 262 g/mol. The van der Waals surface area contributed by atoms with E-state index in [9.17, 15) is 10.1 Å². The molecule has 0 spiro atoms. The SMILES string of the molecule is CC1(C)Cc2cc([N+](=O)[O-])c(C3COCOC3)cc2O1. The molecule has 3 rings (SSSR count). The molecule has 0 amide bonds. The van der Waals surface area contributed by atoms with E-state index in [2.05, 4.69) is 0 Å². The predicted molar refractivity (Wildman–Crippen MR) is 71.0 cm³/mol. The molecule has 0 bridgehead atoms. The Morgan fingerprint density at radius 3 is 2.65 bits per heavy atom. The van der Waals surface area contributed by atoms with E-state index in [1.54, 1.807) is 12.1 Å². The second kappa shape index (κ2) is 4.71. The summed E-state index contributed by atoms with van der Waals surface area (Å²) in [5.41, 5.74) is 1.34. The highest BCUT2D eigenvalue weighted by Gasteiger charge is 2.35. The summed E-state index contributed by atoms with van der Waals surface area (Å²) >= 11 is 0. The van der Waals surface area contributed by atoms with Gasteiger partial charge in [0.1, 0.15) is 18.1 Å². The van der Waals surface area contributed by atoms with Crippen LogP contribution in [0.25, 0.3) is 0 Å². The molecule has 0 aromatic heterocycles. The number of rotatable bonds is 2. The van der Waals surface area contributed by atoms with Gasteiger partial charge in [-0.15, -0.1) is 0 Å². The van der Waals surface area contributed by atoms with E-state index in [0.29, 0.717) is 25.2 Å². The highest BCUT2D eigenvalue weighted by atomic mass is 16.7. The van der Waals surface area contributed by atoms with E-state index in [1.807, 2.05) is 13.8 Å². The standard InChI is InChI=1S/C14H17NO5/c1-14(2)5-9-3-12(15(16)17)11(4-13(9)20-14)10-6-18-8-19-7-10/h3-4,10H,5-8H2,1-2H3. The molecule has 20 heavy (non-hydrogen) atoms. The maximum Gasteiger partial charge on any atom is 0.273 e. The highest BCUT2D eigenvalue weighted by molar-refractivity contribution is 5.54. The number of ether oxygens (including phenoxy) is 3. The molecule has 1 aromatic rings. The highest BCUT2D eigenvalue weighted by Crippen LogP contribution is 2.41. The molecule has 0 atom stereocenters. The Bertz CT molecular complexity index is 549. The average Bonchev–Trinajstić information content (AvgIpc) is 2.71. The molecule has 108 valence electrons. The summed E-state index contributed by atoms with van der Waals surface area (Å²) < 4.78 is 16.3. The summed E-state index contributed by atoms with van der Waals surface area (Å²) in [6.07, 6.45) is 0.682. The van der Waals surface area contributed by atoms with Crippen molar-refractivity contribution in [3.8, 4) is 5.75 Å². The molecular formula is C14H17NO5. The second-order valence-electron chi connectivity index (χ2n) is 5.87. The lowest BCUT2D eigenvalue weighted by atomic mass is 9.94. The van der Waals surface area contributed by atoms with E-state index in [1.165, 1.54) is 0 Å². The Morgan fingerprint density at radius 1 is 1.30 bits per heavy atom. The molecule has 0 unspecified atom stereocenters.